The molecule has 0 spiro atoms. The molecule has 1 unspecified atom stereocenters. The maximum absolute atomic E-state index is 9.84. The van der Waals surface area contributed by atoms with E-state index in [9.17, 15) is 4.21 Å². The van der Waals surface area contributed by atoms with Crippen molar-refractivity contribution in [3.63, 3.8) is 0 Å². The zero-order valence-corrected chi connectivity index (χ0v) is 8.54. The Morgan fingerprint density at radius 1 is 1.62 bits per heavy atom. The average molecular weight is 163 g/mol. The molecule has 0 aliphatic heterocycles. The fraction of sp³-hybridized carbons (Fsp3) is 1.00. The van der Waals surface area contributed by atoms with Crippen molar-refractivity contribution in [1.29, 1.82) is 0 Å². The first kappa shape index (κ1) is 12.2. The van der Waals surface area contributed by atoms with Gasteiger partial charge in [0.25, 0.3) is 0 Å². The Bertz CT molecular complexity index is 68.3. The van der Waals surface area contributed by atoms with Gasteiger partial charge in [0.15, 0.2) is 11.1 Å². The van der Waals surface area contributed by atoms with Gasteiger partial charge in [0.2, 0.25) is 0 Å². The molecule has 45 valence electrons. The largest absolute Gasteiger partial charge is 0.306 e. The van der Waals surface area contributed by atoms with E-state index >= 15 is 0 Å². The zero-order chi connectivity index (χ0) is 5.70. The second-order valence-electron chi connectivity index (χ2n) is 1.10. The number of hydrogen-bond acceptors (Lipinski definition) is 2. The van der Waals surface area contributed by atoms with Crippen LogP contribution in [0.25, 0.3) is 0 Å². The molecule has 0 heterocycles. The molecular formula is C3H8NaO2S2. The van der Waals surface area contributed by atoms with Crippen LogP contribution in [0.2, 0.25) is 0 Å². The van der Waals surface area contributed by atoms with Crippen molar-refractivity contribution in [2.24, 2.45) is 0 Å². The van der Waals surface area contributed by atoms with E-state index in [1.807, 2.05) is 0 Å². The maximum Gasteiger partial charge on any atom is 0.152 e. The van der Waals surface area contributed by atoms with Gasteiger partial charge in [0, 0.05) is 29.6 Å². The third-order valence-corrected chi connectivity index (χ3v) is 1.43. The summed E-state index contributed by atoms with van der Waals surface area (Å²) in [5, 5.41) is 0. The van der Waals surface area contributed by atoms with Gasteiger partial charge in [0.1, 0.15) is 0 Å². The summed E-state index contributed by atoms with van der Waals surface area (Å²) in [6.45, 7) is 0. The van der Waals surface area contributed by atoms with Gasteiger partial charge >= 0.3 is 0 Å². The molecule has 0 saturated carbocycles. The van der Waals surface area contributed by atoms with Crippen LogP contribution in [0.5, 0.6) is 0 Å². The Kier molecular flexibility index (Phi) is 12.9. The average Bonchev–Trinajstić information content (AvgIpc) is 1.61. The van der Waals surface area contributed by atoms with E-state index < -0.39 is 11.1 Å². The zero-order valence-electron chi connectivity index (χ0n) is 4.83. The third-order valence-electron chi connectivity index (χ3n) is 0.477. The molecule has 1 atom stereocenters. The molecule has 0 rings (SSSR count). The van der Waals surface area contributed by atoms with Crippen molar-refractivity contribution in [3.8, 4) is 0 Å². The molecule has 0 amide bonds. The topological polar surface area (TPSA) is 37.3 Å². The molecule has 1 radical (unpaired) electrons. The van der Waals surface area contributed by atoms with Gasteiger partial charge in [0.05, 0.1) is 5.75 Å². The summed E-state index contributed by atoms with van der Waals surface area (Å²) in [6, 6.07) is 0. The van der Waals surface area contributed by atoms with Crippen molar-refractivity contribution < 1.29 is 8.76 Å². The van der Waals surface area contributed by atoms with Crippen LogP contribution >= 0.6 is 12.6 Å². The number of thiol groups is 1. The first-order chi connectivity index (χ1) is 3.27. The van der Waals surface area contributed by atoms with Crippen molar-refractivity contribution >= 4 is 53.3 Å². The first-order valence-electron chi connectivity index (χ1n) is 1.95. The number of rotatable bonds is 3. The van der Waals surface area contributed by atoms with Gasteiger partial charge < -0.3 is 4.55 Å². The first-order valence-corrected chi connectivity index (χ1v) is 3.86. The number of hydrogen-bond donors (Lipinski definition) is 2. The van der Waals surface area contributed by atoms with Gasteiger partial charge in [-0.3, -0.25) is 0 Å². The smallest absolute Gasteiger partial charge is 0.152 e. The fourth-order valence-corrected chi connectivity index (χ4v) is 0.951. The summed E-state index contributed by atoms with van der Waals surface area (Å²) in [7, 11) is 0. The van der Waals surface area contributed by atoms with Gasteiger partial charge in [-0.1, -0.05) is 0 Å². The maximum atomic E-state index is 9.84. The van der Waals surface area contributed by atoms with Crippen LogP contribution in [0.3, 0.4) is 0 Å². The van der Waals surface area contributed by atoms with Gasteiger partial charge in [-0.25, -0.2) is 4.21 Å². The van der Waals surface area contributed by atoms with Crippen LogP contribution < -0.4 is 0 Å². The summed E-state index contributed by atoms with van der Waals surface area (Å²) in [6.07, 6.45) is 0.715. The molecule has 2 nitrogen and oxygen atoms in total. The van der Waals surface area contributed by atoms with E-state index in [1.54, 1.807) is 0 Å². The summed E-state index contributed by atoms with van der Waals surface area (Å²) in [5.41, 5.74) is 0. The second kappa shape index (κ2) is 8.46. The second-order valence-corrected chi connectivity index (χ2v) is 2.60. The third kappa shape index (κ3) is 10.4. The molecular weight excluding hydrogens is 155 g/mol. The van der Waals surface area contributed by atoms with E-state index in [-0.39, 0.29) is 29.6 Å². The van der Waals surface area contributed by atoms with Crippen LogP contribution in [0.4, 0.5) is 0 Å². The Labute approximate surface area is 79.4 Å². The molecule has 0 aromatic carbocycles. The molecule has 0 aromatic rings. The molecule has 0 fully saturated rings. The van der Waals surface area contributed by atoms with Crippen LogP contribution in [-0.2, 0) is 11.1 Å². The van der Waals surface area contributed by atoms with Crippen LogP contribution in [0, 0.1) is 0 Å². The van der Waals surface area contributed by atoms with E-state index in [2.05, 4.69) is 12.6 Å². The van der Waals surface area contributed by atoms with Crippen molar-refractivity contribution in [2.45, 2.75) is 6.42 Å². The van der Waals surface area contributed by atoms with Crippen LogP contribution in [0.15, 0.2) is 0 Å². The Morgan fingerprint density at radius 2 is 2.12 bits per heavy atom. The molecule has 0 aliphatic rings. The minimum absolute atomic E-state index is 0. The minimum atomic E-state index is -1.61. The minimum Gasteiger partial charge on any atom is -0.306 e. The van der Waals surface area contributed by atoms with Crippen molar-refractivity contribution in [2.75, 3.05) is 11.5 Å². The SMILES string of the molecule is O=S(O)CCCS.[Na]. The predicted octanol–water partition coefficient (Wildman–Crippen LogP) is 0.147. The standard InChI is InChI=1S/C3H8O2S2.Na/c4-7(5)3-1-2-6;/h6H,1-3H2,(H,4,5);. The summed E-state index contributed by atoms with van der Waals surface area (Å²) >= 11 is 2.24. The monoisotopic (exact) mass is 163 g/mol. The summed E-state index contributed by atoms with van der Waals surface area (Å²) in [4.78, 5) is 0. The Hall–Kier alpha value is 1.46. The summed E-state index contributed by atoms with van der Waals surface area (Å²) < 4.78 is 18.0. The molecule has 8 heavy (non-hydrogen) atoms. The molecule has 0 aliphatic carbocycles. The summed E-state index contributed by atoms with van der Waals surface area (Å²) in [5.74, 6) is 1.04. The van der Waals surface area contributed by atoms with E-state index in [4.69, 9.17) is 4.55 Å². The fourth-order valence-electron chi connectivity index (χ4n) is 0.188. The normalized spacial score (nSPS) is 12.2. The molecule has 0 aromatic heterocycles. The molecule has 5 heteroatoms. The molecule has 0 saturated heterocycles. The van der Waals surface area contributed by atoms with Crippen molar-refractivity contribution in [3.05, 3.63) is 0 Å². The Morgan fingerprint density at radius 3 is 2.25 bits per heavy atom. The van der Waals surface area contributed by atoms with E-state index in [0.717, 1.165) is 0 Å². The Balaban J connectivity index is 0. The molecule has 0 bridgehead atoms. The van der Waals surface area contributed by atoms with Crippen LogP contribution in [-0.4, -0.2) is 49.8 Å². The van der Waals surface area contributed by atoms with Gasteiger partial charge in [-0.2, -0.15) is 12.6 Å². The molecule has 1 N–H and O–H groups in total. The van der Waals surface area contributed by atoms with E-state index in [0.29, 0.717) is 17.9 Å². The van der Waals surface area contributed by atoms with Crippen LogP contribution in [0.1, 0.15) is 6.42 Å². The van der Waals surface area contributed by atoms with Gasteiger partial charge in [-0.15, -0.1) is 0 Å². The van der Waals surface area contributed by atoms with E-state index in [1.165, 1.54) is 0 Å². The quantitative estimate of drug-likeness (QED) is 0.353. The predicted molar refractivity (Wildman–Crippen MR) is 39.9 cm³/mol. The van der Waals surface area contributed by atoms with Crippen molar-refractivity contribution in [1.82, 2.24) is 0 Å². The van der Waals surface area contributed by atoms with Gasteiger partial charge in [-0.05, 0) is 12.2 Å².